The maximum atomic E-state index is 4.98. The third-order valence-electron chi connectivity index (χ3n) is 7.81. The number of anilines is 1. The summed E-state index contributed by atoms with van der Waals surface area (Å²) >= 11 is 0. The van der Waals surface area contributed by atoms with E-state index in [0.29, 0.717) is 5.82 Å². The predicted octanol–water partition coefficient (Wildman–Crippen LogP) is 3.70. The standard InChI is InChI=1S/C28H32N10/c1-36-9-11-38(12-10-36)28-25-23(5-6-30-28)32-27(33-25)24-22-14-21(17-31-26(22)35-34-24)20-13-19(15-29-16-20)18-37-7-3-2-4-8-37/h5-6,13-17H,2-4,7-12,18H2,1H3,(H,32,33)(H,31,34,35). The van der Waals surface area contributed by atoms with E-state index in [9.17, 15) is 0 Å². The molecule has 2 aliphatic rings. The number of aromatic amines is 2. The Morgan fingerprint density at radius 3 is 2.61 bits per heavy atom. The lowest BCUT2D eigenvalue weighted by atomic mass is 10.1. The molecular weight excluding hydrogens is 476 g/mol. The second-order valence-electron chi connectivity index (χ2n) is 10.5. The lowest BCUT2D eigenvalue weighted by molar-refractivity contribution is 0.220. The van der Waals surface area contributed by atoms with Crippen molar-refractivity contribution >= 4 is 27.9 Å². The van der Waals surface area contributed by atoms with Gasteiger partial charge in [0, 0.05) is 68.6 Å². The average molecular weight is 509 g/mol. The summed E-state index contributed by atoms with van der Waals surface area (Å²) in [6.45, 7) is 7.18. The summed E-state index contributed by atoms with van der Waals surface area (Å²) in [4.78, 5) is 29.6. The van der Waals surface area contributed by atoms with Gasteiger partial charge in [-0.1, -0.05) is 6.42 Å². The van der Waals surface area contributed by atoms with Gasteiger partial charge in [0.2, 0.25) is 0 Å². The van der Waals surface area contributed by atoms with Crippen molar-refractivity contribution in [1.29, 1.82) is 0 Å². The zero-order valence-corrected chi connectivity index (χ0v) is 21.7. The van der Waals surface area contributed by atoms with Crippen molar-refractivity contribution in [2.75, 3.05) is 51.2 Å². The Balaban J connectivity index is 1.22. The third kappa shape index (κ3) is 4.39. The highest BCUT2D eigenvalue weighted by atomic mass is 15.3. The van der Waals surface area contributed by atoms with Crippen LogP contribution in [0.25, 0.3) is 44.7 Å². The Hall–Kier alpha value is -3.89. The number of pyridine rings is 3. The van der Waals surface area contributed by atoms with Gasteiger partial charge in [-0.25, -0.2) is 15.0 Å². The SMILES string of the molecule is CN1CCN(c2nccc3[nH]c(-c4n[nH]c5ncc(-c6cncc(CN7CCCCC7)c6)cc45)nc23)CC1. The molecule has 2 aliphatic heterocycles. The Morgan fingerprint density at radius 2 is 1.74 bits per heavy atom. The molecule has 0 amide bonds. The molecule has 0 aromatic carbocycles. The topological polar surface area (TPSA) is 106 Å². The molecule has 0 atom stereocenters. The fraction of sp³-hybridized carbons (Fsp3) is 0.393. The van der Waals surface area contributed by atoms with Gasteiger partial charge in [0.15, 0.2) is 17.3 Å². The van der Waals surface area contributed by atoms with Gasteiger partial charge in [-0.05, 0) is 56.7 Å². The van der Waals surface area contributed by atoms with Crippen LogP contribution in [0.1, 0.15) is 24.8 Å². The van der Waals surface area contributed by atoms with Crippen molar-refractivity contribution < 1.29 is 0 Å². The van der Waals surface area contributed by atoms with E-state index in [2.05, 4.69) is 59.0 Å². The number of piperidine rings is 1. The Labute approximate surface area is 221 Å². The first kappa shape index (κ1) is 23.2. The van der Waals surface area contributed by atoms with Crippen molar-refractivity contribution in [2.24, 2.45) is 0 Å². The molecular formula is C28H32N10. The Morgan fingerprint density at radius 1 is 0.895 bits per heavy atom. The predicted molar refractivity (Wildman–Crippen MR) is 149 cm³/mol. The monoisotopic (exact) mass is 508 g/mol. The van der Waals surface area contributed by atoms with Crippen molar-refractivity contribution in [1.82, 2.24) is 44.9 Å². The van der Waals surface area contributed by atoms with E-state index in [1.165, 1.54) is 37.9 Å². The quantitative estimate of drug-likeness (QED) is 0.370. The number of nitrogens with zero attached hydrogens (tertiary/aromatic N) is 8. The van der Waals surface area contributed by atoms with Gasteiger partial charge in [-0.15, -0.1) is 0 Å². The number of likely N-dealkylation sites (tertiary alicyclic amines) is 1. The fourth-order valence-corrected chi connectivity index (χ4v) is 5.63. The van der Waals surface area contributed by atoms with Crippen LogP contribution >= 0.6 is 0 Å². The highest BCUT2D eigenvalue weighted by Crippen LogP contribution is 2.31. The van der Waals surface area contributed by atoms with E-state index >= 15 is 0 Å². The number of likely N-dealkylation sites (N-methyl/N-ethyl adjacent to an activating group) is 1. The van der Waals surface area contributed by atoms with Crippen LogP contribution in [0.4, 0.5) is 5.82 Å². The molecule has 0 radical (unpaired) electrons. The first-order valence-corrected chi connectivity index (χ1v) is 13.5. The average Bonchev–Trinajstić information content (AvgIpc) is 3.58. The van der Waals surface area contributed by atoms with Crippen LogP contribution in [-0.4, -0.2) is 91.2 Å². The summed E-state index contributed by atoms with van der Waals surface area (Å²) in [7, 11) is 2.16. The molecule has 0 bridgehead atoms. The van der Waals surface area contributed by atoms with Crippen LogP contribution in [-0.2, 0) is 6.54 Å². The molecule has 0 unspecified atom stereocenters. The number of hydrogen-bond donors (Lipinski definition) is 2. The summed E-state index contributed by atoms with van der Waals surface area (Å²) in [6.07, 6.45) is 11.5. The van der Waals surface area contributed by atoms with E-state index < -0.39 is 0 Å². The highest BCUT2D eigenvalue weighted by Gasteiger charge is 2.21. The van der Waals surface area contributed by atoms with Crippen LogP contribution in [0, 0.1) is 0 Å². The summed E-state index contributed by atoms with van der Waals surface area (Å²) in [5.74, 6) is 1.64. The number of H-pyrrole nitrogens is 2. The van der Waals surface area contributed by atoms with Crippen LogP contribution < -0.4 is 4.90 Å². The van der Waals surface area contributed by atoms with Gasteiger partial charge in [0.1, 0.15) is 11.2 Å². The molecule has 2 N–H and O–H groups in total. The minimum atomic E-state index is 0.713. The second kappa shape index (κ2) is 9.77. The van der Waals surface area contributed by atoms with E-state index in [1.807, 2.05) is 30.9 Å². The zero-order valence-electron chi connectivity index (χ0n) is 21.7. The molecule has 5 aromatic rings. The largest absolute Gasteiger partial charge is 0.352 e. The summed E-state index contributed by atoms with van der Waals surface area (Å²) in [5.41, 5.74) is 6.64. The van der Waals surface area contributed by atoms with Crippen LogP contribution in [0.2, 0.25) is 0 Å². The molecule has 7 heterocycles. The Kier molecular flexibility index (Phi) is 5.98. The van der Waals surface area contributed by atoms with Crippen LogP contribution in [0.5, 0.6) is 0 Å². The van der Waals surface area contributed by atoms with Crippen molar-refractivity contribution in [3.63, 3.8) is 0 Å². The van der Waals surface area contributed by atoms with E-state index in [-0.39, 0.29) is 0 Å². The second-order valence-corrected chi connectivity index (χ2v) is 10.5. The van der Waals surface area contributed by atoms with Gasteiger partial charge in [0.05, 0.1) is 10.9 Å². The fourth-order valence-electron chi connectivity index (χ4n) is 5.63. The normalized spacial score (nSPS) is 17.6. The van der Waals surface area contributed by atoms with Crippen LogP contribution in [0.3, 0.4) is 0 Å². The molecule has 194 valence electrons. The molecule has 0 spiro atoms. The minimum absolute atomic E-state index is 0.713. The van der Waals surface area contributed by atoms with Gasteiger partial charge in [0.25, 0.3) is 0 Å². The molecule has 10 nitrogen and oxygen atoms in total. The number of nitrogens with one attached hydrogen (secondary N) is 2. The summed E-state index contributed by atoms with van der Waals surface area (Å²) < 4.78 is 0. The van der Waals surface area contributed by atoms with Gasteiger partial charge in [-0.3, -0.25) is 15.0 Å². The number of aromatic nitrogens is 7. The smallest absolute Gasteiger partial charge is 0.159 e. The molecule has 38 heavy (non-hydrogen) atoms. The lowest BCUT2D eigenvalue weighted by Crippen LogP contribution is -2.44. The maximum absolute atomic E-state index is 4.98. The molecule has 0 aliphatic carbocycles. The number of imidazole rings is 1. The summed E-state index contributed by atoms with van der Waals surface area (Å²) in [6, 6.07) is 6.35. The van der Waals surface area contributed by atoms with Gasteiger partial charge < -0.3 is 14.8 Å². The Bertz CT molecular complexity index is 1570. The molecule has 2 saturated heterocycles. The molecule has 5 aromatic heterocycles. The van der Waals surface area contributed by atoms with E-state index in [4.69, 9.17) is 9.97 Å². The highest BCUT2D eigenvalue weighted by molar-refractivity contribution is 5.95. The number of hydrogen-bond acceptors (Lipinski definition) is 8. The lowest BCUT2D eigenvalue weighted by Gasteiger charge is -2.33. The summed E-state index contributed by atoms with van der Waals surface area (Å²) in [5, 5.41) is 8.61. The number of piperazine rings is 1. The number of fused-ring (bicyclic) bond motifs is 2. The van der Waals surface area contributed by atoms with Crippen molar-refractivity contribution in [2.45, 2.75) is 25.8 Å². The first-order chi connectivity index (χ1) is 18.7. The maximum Gasteiger partial charge on any atom is 0.159 e. The van der Waals surface area contributed by atoms with Crippen LogP contribution in [0.15, 0.2) is 43.0 Å². The minimum Gasteiger partial charge on any atom is -0.352 e. The first-order valence-electron chi connectivity index (χ1n) is 13.5. The van der Waals surface area contributed by atoms with Crippen molar-refractivity contribution in [3.05, 3.63) is 48.5 Å². The molecule has 7 rings (SSSR count). The van der Waals surface area contributed by atoms with E-state index in [0.717, 1.165) is 77.4 Å². The van der Waals surface area contributed by atoms with Gasteiger partial charge in [-0.2, -0.15) is 5.10 Å². The molecule has 2 fully saturated rings. The third-order valence-corrected chi connectivity index (χ3v) is 7.81. The van der Waals surface area contributed by atoms with Crippen molar-refractivity contribution in [3.8, 4) is 22.6 Å². The zero-order chi connectivity index (χ0) is 25.5. The molecule has 10 heteroatoms. The molecule has 0 saturated carbocycles. The number of rotatable bonds is 5. The van der Waals surface area contributed by atoms with Gasteiger partial charge >= 0.3 is 0 Å². The van der Waals surface area contributed by atoms with E-state index in [1.54, 1.807) is 0 Å².